The highest BCUT2D eigenvalue weighted by molar-refractivity contribution is 7.09. The molecule has 0 radical (unpaired) electrons. The number of aromatic amines is 1. The van der Waals surface area contributed by atoms with Gasteiger partial charge in [-0.3, -0.25) is 10.00 Å². The molecule has 0 amide bonds. The third-order valence-corrected chi connectivity index (χ3v) is 4.93. The molecule has 0 aromatic carbocycles. The summed E-state index contributed by atoms with van der Waals surface area (Å²) >= 11 is 1.86. The van der Waals surface area contributed by atoms with Crippen molar-refractivity contribution < 1.29 is 0 Å². The first-order valence-corrected chi connectivity index (χ1v) is 7.39. The summed E-state index contributed by atoms with van der Waals surface area (Å²) in [7, 11) is 0. The molecule has 18 heavy (non-hydrogen) atoms. The minimum Gasteiger partial charge on any atom is -0.298 e. The van der Waals surface area contributed by atoms with Crippen LogP contribution in [0.2, 0.25) is 0 Å². The van der Waals surface area contributed by atoms with E-state index in [1.165, 1.54) is 36.5 Å². The molecule has 2 aromatic heterocycles. The molecule has 1 fully saturated rings. The molecule has 0 aliphatic carbocycles. The van der Waals surface area contributed by atoms with Gasteiger partial charge in [-0.15, -0.1) is 11.3 Å². The van der Waals surface area contributed by atoms with Crippen molar-refractivity contribution in [2.45, 2.75) is 31.7 Å². The maximum atomic E-state index is 4.09. The maximum absolute atomic E-state index is 4.09. The molecule has 0 bridgehead atoms. The number of H-pyrrole nitrogens is 1. The lowest BCUT2D eigenvalue weighted by molar-refractivity contribution is 0.161. The van der Waals surface area contributed by atoms with Crippen molar-refractivity contribution in [2.24, 2.45) is 0 Å². The Hall–Kier alpha value is -1.13. The van der Waals surface area contributed by atoms with E-state index in [2.05, 4.69) is 45.6 Å². The third-order valence-electron chi connectivity index (χ3n) is 4.07. The van der Waals surface area contributed by atoms with Crippen LogP contribution in [0.25, 0.3) is 0 Å². The highest BCUT2D eigenvalue weighted by Crippen LogP contribution is 2.34. The molecular weight excluding hydrogens is 242 g/mol. The molecule has 4 heteroatoms. The molecule has 1 saturated heterocycles. The SMILES string of the molecule is CC1(c2ccn[nH]2)CCN(Cc2cccs2)CC1. The molecule has 1 aliphatic rings. The molecule has 96 valence electrons. The minimum absolute atomic E-state index is 0.280. The maximum Gasteiger partial charge on any atom is 0.0490 e. The second kappa shape index (κ2) is 4.86. The highest BCUT2D eigenvalue weighted by atomic mass is 32.1. The van der Waals surface area contributed by atoms with Gasteiger partial charge in [0.15, 0.2) is 0 Å². The predicted octanol–water partition coefficient (Wildman–Crippen LogP) is 3.02. The third kappa shape index (κ3) is 2.35. The second-order valence-electron chi connectivity index (χ2n) is 5.39. The van der Waals surface area contributed by atoms with Gasteiger partial charge in [0.05, 0.1) is 0 Å². The van der Waals surface area contributed by atoms with Gasteiger partial charge in [0.25, 0.3) is 0 Å². The summed E-state index contributed by atoms with van der Waals surface area (Å²) in [6.45, 7) is 5.81. The Kier molecular flexibility index (Phi) is 3.22. The van der Waals surface area contributed by atoms with Crippen LogP contribution < -0.4 is 0 Å². The summed E-state index contributed by atoms with van der Waals surface area (Å²) < 4.78 is 0. The number of hydrogen-bond donors (Lipinski definition) is 1. The number of hydrogen-bond acceptors (Lipinski definition) is 3. The van der Waals surface area contributed by atoms with Crippen LogP contribution in [-0.2, 0) is 12.0 Å². The number of rotatable bonds is 3. The van der Waals surface area contributed by atoms with Crippen LogP contribution in [0.1, 0.15) is 30.3 Å². The van der Waals surface area contributed by atoms with E-state index in [9.17, 15) is 0 Å². The quantitative estimate of drug-likeness (QED) is 0.921. The van der Waals surface area contributed by atoms with Gasteiger partial charge in [0.2, 0.25) is 0 Å². The van der Waals surface area contributed by atoms with Crippen molar-refractivity contribution >= 4 is 11.3 Å². The topological polar surface area (TPSA) is 31.9 Å². The molecule has 2 aromatic rings. The Morgan fingerprint density at radius 1 is 1.39 bits per heavy atom. The van der Waals surface area contributed by atoms with Crippen molar-refractivity contribution in [1.82, 2.24) is 15.1 Å². The zero-order chi connectivity index (χ0) is 12.4. The lowest BCUT2D eigenvalue weighted by Crippen LogP contribution is -2.40. The van der Waals surface area contributed by atoms with E-state index in [0.717, 1.165) is 6.54 Å². The molecule has 0 unspecified atom stereocenters. The molecule has 0 spiro atoms. The Morgan fingerprint density at radius 2 is 2.22 bits per heavy atom. The number of piperidine rings is 1. The van der Waals surface area contributed by atoms with E-state index in [4.69, 9.17) is 0 Å². The summed E-state index contributed by atoms with van der Waals surface area (Å²) in [6.07, 6.45) is 4.28. The van der Waals surface area contributed by atoms with Gasteiger partial charge >= 0.3 is 0 Å². The van der Waals surface area contributed by atoms with Gasteiger partial charge in [-0.2, -0.15) is 5.10 Å². The van der Waals surface area contributed by atoms with Gasteiger partial charge in [-0.1, -0.05) is 13.0 Å². The smallest absolute Gasteiger partial charge is 0.0490 e. The van der Waals surface area contributed by atoms with E-state index in [1.54, 1.807) is 0 Å². The Morgan fingerprint density at radius 3 is 2.83 bits per heavy atom. The van der Waals surface area contributed by atoms with Crippen molar-refractivity contribution in [1.29, 1.82) is 0 Å². The summed E-state index contributed by atoms with van der Waals surface area (Å²) in [5, 5.41) is 9.39. The first-order valence-electron chi connectivity index (χ1n) is 6.51. The molecule has 1 N–H and O–H groups in total. The zero-order valence-corrected chi connectivity index (χ0v) is 11.5. The van der Waals surface area contributed by atoms with Crippen LogP contribution >= 0.6 is 11.3 Å². The lowest BCUT2D eigenvalue weighted by Gasteiger charge is -2.38. The number of thiophene rings is 1. The number of nitrogens with one attached hydrogen (secondary N) is 1. The zero-order valence-electron chi connectivity index (χ0n) is 10.7. The van der Waals surface area contributed by atoms with E-state index in [-0.39, 0.29) is 5.41 Å². The summed E-state index contributed by atoms with van der Waals surface area (Å²) in [5.74, 6) is 0. The van der Waals surface area contributed by atoms with Crippen LogP contribution in [0.3, 0.4) is 0 Å². The standard InChI is InChI=1S/C14H19N3S/c1-14(13-4-7-15-16-13)5-8-17(9-6-14)11-12-3-2-10-18-12/h2-4,7,10H,5-6,8-9,11H2,1H3,(H,15,16). The average Bonchev–Trinajstić information content (AvgIpc) is 3.04. The molecule has 0 atom stereocenters. The molecular formula is C14H19N3S. The van der Waals surface area contributed by atoms with Gasteiger partial charge < -0.3 is 0 Å². The summed E-state index contributed by atoms with van der Waals surface area (Å²) in [4.78, 5) is 4.03. The normalized spacial score (nSPS) is 20.1. The van der Waals surface area contributed by atoms with Crippen molar-refractivity contribution in [3.05, 3.63) is 40.3 Å². The van der Waals surface area contributed by atoms with Gasteiger partial charge in [0.1, 0.15) is 0 Å². The number of aromatic nitrogens is 2. The van der Waals surface area contributed by atoms with Crippen LogP contribution in [0.4, 0.5) is 0 Å². The van der Waals surface area contributed by atoms with Crippen LogP contribution in [0.5, 0.6) is 0 Å². The monoisotopic (exact) mass is 261 g/mol. The summed E-state index contributed by atoms with van der Waals surface area (Å²) in [6, 6.07) is 6.49. The fourth-order valence-electron chi connectivity index (χ4n) is 2.69. The first kappa shape index (κ1) is 11.9. The number of nitrogens with zero attached hydrogens (tertiary/aromatic N) is 2. The first-order chi connectivity index (χ1) is 8.76. The van der Waals surface area contributed by atoms with Crippen molar-refractivity contribution in [2.75, 3.05) is 13.1 Å². The van der Waals surface area contributed by atoms with E-state index in [1.807, 2.05) is 17.5 Å². The fraction of sp³-hybridized carbons (Fsp3) is 0.500. The highest BCUT2D eigenvalue weighted by Gasteiger charge is 2.32. The lowest BCUT2D eigenvalue weighted by atomic mass is 9.77. The number of likely N-dealkylation sites (tertiary alicyclic amines) is 1. The molecule has 3 nitrogen and oxygen atoms in total. The van der Waals surface area contributed by atoms with Crippen molar-refractivity contribution in [3.63, 3.8) is 0 Å². The molecule has 1 aliphatic heterocycles. The minimum atomic E-state index is 0.280. The van der Waals surface area contributed by atoms with E-state index in [0.29, 0.717) is 0 Å². The Bertz CT molecular complexity index is 467. The Balaban J connectivity index is 1.61. The van der Waals surface area contributed by atoms with E-state index < -0.39 is 0 Å². The van der Waals surface area contributed by atoms with Gasteiger partial charge in [-0.05, 0) is 43.4 Å². The predicted molar refractivity (Wildman–Crippen MR) is 74.8 cm³/mol. The largest absolute Gasteiger partial charge is 0.298 e. The molecule has 3 rings (SSSR count). The summed E-state index contributed by atoms with van der Waals surface area (Å²) in [5.41, 5.74) is 1.57. The van der Waals surface area contributed by atoms with Crippen LogP contribution in [0, 0.1) is 0 Å². The Labute approximate surface area is 112 Å². The van der Waals surface area contributed by atoms with Gasteiger partial charge in [0, 0.05) is 28.7 Å². The fourth-order valence-corrected chi connectivity index (χ4v) is 3.44. The van der Waals surface area contributed by atoms with Crippen LogP contribution in [0.15, 0.2) is 29.8 Å². The van der Waals surface area contributed by atoms with Crippen LogP contribution in [-0.4, -0.2) is 28.2 Å². The average molecular weight is 261 g/mol. The van der Waals surface area contributed by atoms with Crippen molar-refractivity contribution in [3.8, 4) is 0 Å². The molecule has 0 saturated carbocycles. The second-order valence-corrected chi connectivity index (χ2v) is 6.42. The van der Waals surface area contributed by atoms with Gasteiger partial charge in [-0.25, -0.2) is 0 Å². The van der Waals surface area contributed by atoms with E-state index >= 15 is 0 Å². The molecule has 3 heterocycles.